The van der Waals surface area contributed by atoms with Crippen LogP contribution in [0.25, 0.3) is 22.6 Å². The van der Waals surface area contributed by atoms with Gasteiger partial charge in [0.25, 0.3) is 0 Å². The van der Waals surface area contributed by atoms with E-state index in [2.05, 4.69) is 43.3 Å². The Balaban J connectivity index is 0.00000147. The van der Waals surface area contributed by atoms with Crippen LogP contribution in [0.4, 0.5) is 0 Å². The number of hydrogen-bond donors (Lipinski definition) is 0. The monoisotopic (exact) mass is 374 g/mol. The van der Waals surface area contributed by atoms with Crippen LogP contribution in [0.15, 0.2) is 77.2 Å². The first-order valence-corrected chi connectivity index (χ1v) is 6.38. The zero-order valence-electron chi connectivity index (χ0n) is 11.2. The molecular formula is C18H15IO. The van der Waals surface area contributed by atoms with Crippen LogP contribution in [-0.2, 0) is 0 Å². The Bertz CT molecular complexity index is 621. The van der Waals surface area contributed by atoms with Crippen molar-refractivity contribution in [2.75, 3.05) is 0 Å². The van der Waals surface area contributed by atoms with Gasteiger partial charge in [-0.25, -0.2) is 4.42 Å². The third kappa shape index (κ3) is 3.25. The van der Waals surface area contributed by atoms with Crippen LogP contribution >= 0.6 is 0 Å². The molecule has 0 N–H and O–H groups in total. The third-order valence-corrected chi connectivity index (χ3v) is 3.05. The Morgan fingerprint density at radius 2 is 1.05 bits per heavy atom. The molecule has 0 aliphatic carbocycles. The van der Waals surface area contributed by atoms with Gasteiger partial charge in [0.1, 0.15) is 0 Å². The second kappa shape index (κ2) is 6.66. The van der Waals surface area contributed by atoms with Crippen LogP contribution in [-0.4, -0.2) is 0 Å². The van der Waals surface area contributed by atoms with E-state index in [1.807, 2.05) is 36.4 Å². The molecule has 0 bridgehead atoms. The van der Waals surface area contributed by atoms with E-state index in [0.29, 0.717) is 0 Å². The summed E-state index contributed by atoms with van der Waals surface area (Å²) in [6.07, 6.45) is 0. The van der Waals surface area contributed by atoms with Gasteiger partial charge in [0.05, 0.1) is 11.1 Å². The molecule has 0 radical (unpaired) electrons. The van der Waals surface area contributed by atoms with Crippen molar-refractivity contribution >= 4 is 0 Å². The minimum Gasteiger partial charge on any atom is -1.00 e. The molecule has 0 aliphatic heterocycles. The van der Waals surface area contributed by atoms with E-state index in [0.717, 1.165) is 22.6 Å². The molecule has 20 heavy (non-hydrogen) atoms. The Labute approximate surface area is 136 Å². The molecule has 0 saturated carbocycles. The number of aryl methyl sites for hydroxylation is 1. The molecular weight excluding hydrogens is 359 g/mol. The lowest BCUT2D eigenvalue weighted by atomic mass is 10.1. The Morgan fingerprint density at radius 3 is 1.45 bits per heavy atom. The van der Waals surface area contributed by atoms with E-state index in [4.69, 9.17) is 4.42 Å². The molecule has 0 aliphatic rings. The molecule has 0 amide bonds. The molecule has 0 unspecified atom stereocenters. The van der Waals surface area contributed by atoms with Crippen LogP contribution in [0.5, 0.6) is 0 Å². The molecule has 1 aromatic heterocycles. The van der Waals surface area contributed by atoms with Crippen molar-refractivity contribution < 1.29 is 28.4 Å². The van der Waals surface area contributed by atoms with Gasteiger partial charge < -0.3 is 24.0 Å². The predicted molar refractivity (Wildman–Crippen MR) is 78.7 cm³/mol. The smallest absolute Gasteiger partial charge is 0.361 e. The molecule has 3 rings (SSSR count). The average Bonchev–Trinajstić information content (AvgIpc) is 2.48. The quantitative estimate of drug-likeness (QED) is 0.495. The summed E-state index contributed by atoms with van der Waals surface area (Å²) in [4.78, 5) is 0. The number of benzene rings is 2. The van der Waals surface area contributed by atoms with Crippen molar-refractivity contribution in [3.63, 3.8) is 0 Å². The summed E-state index contributed by atoms with van der Waals surface area (Å²) < 4.78 is 6.03. The normalized spacial score (nSPS) is 9.85. The van der Waals surface area contributed by atoms with E-state index < -0.39 is 0 Å². The standard InChI is InChI=1S/C18H15O.HI/c1-14-12-17(15-8-4-2-5-9-15)19-18(13-14)16-10-6-3-7-11-16;/h2-13H,1H3;1H/q+1;/p-1. The molecule has 1 heterocycles. The summed E-state index contributed by atoms with van der Waals surface area (Å²) in [6, 6.07) is 24.5. The summed E-state index contributed by atoms with van der Waals surface area (Å²) in [5.41, 5.74) is 3.40. The van der Waals surface area contributed by atoms with Gasteiger partial charge in [0.2, 0.25) is 0 Å². The fraction of sp³-hybridized carbons (Fsp3) is 0.0556. The summed E-state index contributed by atoms with van der Waals surface area (Å²) in [7, 11) is 0. The van der Waals surface area contributed by atoms with E-state index >= 15 is 0 Å². The third-order valence-electron chi connectivity index (χ3n) is 3.05. The van der Waals surface area contributed by atoms with Crippen molar-refractivity contribution in [3.05, 3.63) is 78.4 Å². The zero-order valence-corrected chi connectivity index (χ0v) is 13.4. The lowest BCUT2D eigenvalue weighted by Crippen LogP contribution is -3.00. The van der Waals surface area contributed by atoms with Crippen LogP contribution in [0, 0.1) is 6.92 Å². The zero-order chi connectivity index (χ0) is 13.1. The molecule has 3 aromatic rings. The number of rotatable bonds is 2. The van der Waals surface area contributed by atoms with Crippen molar-refractivity contribution in [3.8, 4) is 22.6 Å². The summed E-state index contributed by atoms with van der Waals surface area (Å²) >= 11 is 0. The van der Waals surface area contributed by atoms with Gasteiger partial charge in [-0.3, -0.25) is 0 Å². The Morgan fingerprint density at radius 1 is 0.650 bits per heavy atom. The van der Waals surface area contributed by atoms with Crippen LogP contribution in [0.3, 0.4) is 0 Å². The highest BCUT2D eigenvalue weighted by molar-refractivity contribution is 5.63. The molecule has 0 fully saturated rings. The first kappa shape index (κ1) is 14.7. The topological polar surface area (TPSA) is 11.3 Å². The Hall–Kier alpha value is -1.68. The Kier molecular flexibility index (Phi) is 4.90. The van der Waals surface area contributed by atoms with Crippen molar-refractivity contribution in [1.82, 2.24) is 0 Å². The first-order chi connectivity index (χ1) is 9.33. The van der Waals surface area contributed by atoms with Gasteiger partial charge in [-0.1, -0.05) is 36.4 Å². The highest BCUT2D eigenvalue weighted by atomic mass is 127. The lowest BCUT2D eigenvalue weighted by molar-refractivity contribution is -0.00000431. The molecule has 2 heteroatoms. The van der Waals surface area contributed by atoms with E-state index in [1.165, 1.54) is 5.56 Å². The van der Waals surface area contributed by atoms with Gasteiger partial charge >= 0.3 is 11.5 Å². The minimum atomic E-state index is 0. The van der Waals surface area contributed by atoms with Gasteiger partial charge in [-0.05, 0) is 36.8 Å². The second-order valence-corrected chi connectivity index (χ2v) is 4.60. The van der Waals surface area contributed by atoms with Gasteiger partial charge in [-0.15, -0.1) is 0 Å². The second-order valence-electron chi connectivity index (χ2n) is 4.60. The molecule has 1 nitrogen and oxygen atoms in total. The maximum atomic E-state index is 6.03. The van der Waals surface area contributed by atoms with Crippen LogP contribution in [0.2, 0.25) is 0 Å². The molecule has 0 saturated heterocycles. The summed E-state index contributed by atoms with van der Waals surface area (Å²) in [5.74, 6) is 1.80. The highest BCUT2D eigenvalue weighted by Crippen LogP contribution is 2.27. The molecule has 2 aromatic carbocycles. The van der Waals surface area contributed by atoms with Crippen LogP contribution in [0.1, 0.15) is 5.56 Å². The summed E-state index contributed by atoms with van der Waals surface area (Å²) in [5, 5.41) is 0. The van der Waals surface area contributed by atoms with Crippen LogP contribution < -0.4 is 24.0 Å². The highest BCUT2D eigenvalue weighted by Gasteiger charge is 2.17. The minimum absolute atomic E-state index is 0. The maximum absolute atomic E-state index is 6.03. The van der Waals surface area contributed by atoms with E-state index in [1.54, 1.807) is 0 Å². The molecule has 100 valence electrons. The van der Waals surface area contributed by atoms with Gasteiger partial charge in [0, 0.05) is 12.1 Å². The molecule has 0 atom stereocenters. The van der Waals surface area contributed by atoms with Crippen molar-refractivity contribution in [2.24, 2.45) is 0 Å². The van der Waals surface area contributed by atoms with Gasteiger partial charge in [-0.2, -0.15) is 0 Å². The summed E-state index contributed by atoms with van der Waals surface area (Å²) in [6.45, 7) is 2.09. The maximum Gasteiger partial charge on any atom is 0.361 e. The fourth-order valence-corrected chi connectivity index (χ4v) is 2.12. The van der Waals surface area contributed by atoms with E-state index in [-0.39, 0.29) is 24.0 Å². The number of hydrogen-bond acceptors (Lipinski definition) is 0. The first-order valence-electron chi connectivity index (χ1n) is 6.38. The SMILES string of the molecule is Cc1cc(-c2ccccc2)[o+]c(-c2ccccc2)c1.[I-]. The predicted octanol–water partition coefficient (Wildman–Crippen LogP) is 2.21. The average molecular weight is 374 g/mol. The van der Waals surface area contributed by atoms with Gasteiger partial charge in [0.15, 0.2) is 0 Å². The fourth-order valence-electron chi connectivity index (χ4n) is 2.12. The van der Waals surface area contributed by atoms with Crippen molar-refractivity contribution in [1.29, 1.82) is 0 Å². The lowest BCUT2D eigenvalue weighted by Gasteiger charge is -1.96. The van der Waals surface area contributed by atoms with Crippen molar-refractivity contribution in [2.45, 2.75) is 6.92 Å². The number of halogens is 1. The van der Waals surface area contributed by atoms with E-state index in [9.17, 15) is 0 Å². The largest absolute Gasteiger partial charge is 1.00 e. The molecule has 0 spiro atoms.